The van der Waals surface area contributed by atoms with E-state index in [-0.39, 0.29) is 30.3 Å². The van der Waals surface area contributed by atoms with Gasteiger partial charge in [0.15, 0.2) is 11.5 Å². The van der Waals surface area contributed by atoms with Crippen molar-refractivity contribution >= 4 is 34.1 Å². The monoisotopic (exact) mass is 491 g/mol. The van der Waals surface area contributed by atoms with Gasteiger partial charge in [-0.15, -0.1) is 0 Å². The number of ether oxygens (including phenoxy) is 2. The number of rotatable bonds is 4. The maximum absolute atomic E-state index is 13.4. The molecule has 0 saturated heterocycles. The number of para-hydroxylation sites is 1. The van der Waals surface area contributed by atoms with Crippen molar-refractivity contribution in [1.82, 2.24) is 10.3 Å². The van der Waals surface area contributed by atoms with Crippen LogP contribution in [0.3, 0.4) is 0 Å². The number of hydrogen-bond donors (Lipinski definition) is 2. The zero-order valence-electron chi connectivity index (χ0n) is 17.9. The van der Waals surface area contributed by atoms with Crippen LogP contribution in [0.5, 0.6) is 11.5 Å². The van der Waals surface area contributed by atoms with Crippen LogP contribution in [-0.2, 0) is 6.18 Å². The SMILES string of the molecule is O=C(N[C@H]1CC[C@@H](Nc2cc(C(F)(F)F)nc3ccc(Cl)cc23)CC1)c1cccc2c1OCO2. The largest absolute Gasteiger partial charge is 0.454 e. The lowest BCUT2D eigenvalue weighted by Crippen LogP contribution is -2.40. The van der Waals surface area contributed by atoms with E-state index in [9.17, 15) is 18.0 Å². The van der Waals surface area contributed by atoms with E-state index in [1.807, 2.05) is 0 Å². The molecule has 0 unspecified atom stereocenters. The number of amides is 1. The first-order valence-electron chi connectivity index (χ1n) is 10.9. The lowest BCUT2D eigenvalue weighted by atomic mass is 9.90. The van der Waals surface area contributed by atoms with Crippen molar-refractivity contribution in [3.8, 4) is 11.5 Å². The zero-order valence-corrected chi connectivity index (χ0v) is 18.7. The highest BCUT2D eigenvalue weighted by Crippen LogP contribution is 2.37. The molecule has 2 aliphatic rings. The molecule has 1 fully saturated rings. The predicted octanol–water partition coefficient (Wildman–Crippen LogP) is 5.79. The van der Waals surface area contributed by atoms with Gasteiger partial charge in [0, 0.05) is 28.2 Å². The van der Waals surface area contributed by atoms with E-state index in [0.717, 1.165) is 6.07 Å². The highest BCUT2D eigenvalue weighted by Gasteiger charge is 2.34. The molecule has 2 N–H and O–H groups in total. The Kier molecular flexibility index (Phi) is 5.89. The Morgan fingerprint density at radius 3 is 2.56 bits per heavy atom. The van der Waals surface area contributed by atoms with E-state index < -0.39 is 11.9 Å². The molecule has 2 aromatic carbocycles. The molecule has 5 rings (SSSR count). The van der Waals surface area contributed by atoms with Crippen LogP contribution in [0.2, 0.25) is 5.02 Å². The Morgan fingerprint density at radius 1 is 1.03 bits per heavy atom. The molecule has 34 heavy (non-hydrogen) atoms. The summed E-state index contributed by atoms with van der Waals surface area (Å²) in [6, 6.07) is 10.7. The number of alkyl halides is 3. The Hall–Kier alpha value is -3.20. The summed E-state index contributed by atoms with van der Waals surface area (Å²) in [5.74, 6) is 0.755. The molecule has 1 amide bonds. The fraction of sp³-hybridized carbons (Fsp3) is 0.333. The maximum atomic E-state index is 13.4. The average Bonchev–Trinajstić information content (AvgIpc) is 3.29. The summed E-state index contributed by atoms with van der Waals surface area (Å²) in [4.78, 5) is 16.5. The molecule has 2 heterocycles. The van der Waals surface area contributed by atoms with Crippen LogP contribution in [0.4, 0.5) is 18.9 Å². The summed E-state index contributed by atoms with van der Waals surface area (Å²) in [7, 11) is 0. The quantitative estimate of drug-likeness (QED) is 0.483. The van der Waals surface area contributed by atoms with Gasteiger partial charge in [-0.3, -0.25) is 4.79 Å². The average molecular weight is 492 g/mol. The Labute approximate surface area is 198 Å². The van der Waals surface area contributed by atoms with Gasteiger partial charge in [-0.2, -0.15) is 13.2 Å². The van der Waals surface area contributed by atoms with E-state index >= 15 is 0 Å². The maximum Gasteiger partial charge on any atom is 0.433 e. The predicted molar refractivity (Wildman–Crippen MR) is 121 cm³/mol. The van der Waals surface area contributed by atoms with Crippen LogP contribution in [0.1, 0.15) is 41.7 Å². The zero-order chi connectivity index (χ0) is 23.9. The highest BCUT2D eigenvalue weighted by atomic mass is 35.5. The lowest BCUT2D eigenvalue weighted by Gasteiger charge is -2.31. The molecule has 1 aliphatic carbocycles. The standard InChI is InChI=1S/C24H21ClF3N3O3/c25-13-4-9-18-17(10-13)19(11-21(31-18)24(26,27)28)29-14-5-7-15(8-6-14)30-23(32)16-2-1-3-20-22(16)34-12-33-20/h1-4,9-11,14-15H,5-8,12H2,(H,29,31)(H,30,32)/t14-,15+. The van der Waals surface area contributed by atoms with Gasteiger partial charge in [0.1, 0.15) is 5.69 Å². The lowest BCUT2D eigenvalue weighted by molar-refractivity contribution is -0.140. The molecule has 10 heteroatoms. The van der Waals surface area contributed by atoms with Crippen LogP contribution in [0, 0.1) is 0 Å². The van der Waals surface area contributed by atoms with E-state index in [0.29, 0.717) is 58.8 Å². The van der Waals surface area contributed by atoms with Gasteiger partial charge in [0.25, 0.3) is 5.91 Å². The number of fused-ring (bicyclic) bond motifs is 2. The molecule has 1 saturated carbocycles. The summed E-state index contributed by atoms with van der Waals surface area (Å²) in [5.41, 5.74) is 0.0519. The number of hydrogen-bond acceptors (Lipinski definition) is 5. The second kappa shape index (κ2) is 8.87. The third-order valence-corrected chi connectivity index (χ3v) is 6.36. The molecule has 0 radical (unpaired) electrons. The molecular weight excluding hydrogens is 471 g/mol. The number of anilines is 1. The summed E-state index contributed by atoms with van der Waals surface area (Å²) in [5, 5.41) is 7.25. The van der Waals surface area contributed by atoms with E-state index in [1.54, 1.807) is 24.3 Å². The smallest absolute Gasteiger partial charge is 0.433 e. The van der Waals surface area contributed by atoms with Gasteiger partial charge in [0.05, 0.1) is 11.1 Å². The van der Waals surface area contributed by atoms with E-state index in [1.165, 1.54) is 12.1 Å². The number of pyridine rings is 1. The molecule has 1 aromatic heterocycles. The Bertz CT molecular complexity index is 1240. The third-order valence-electron chi connectivity index (χ3n) is 6.12. The number of halogens is 4. The van der Waals surface area contributed by atoms with Crippen molar-refractivity contribution in [3.05, 3.63) is 58.7 Å². The van der Waals surface area contributed by atoms with Gasteiger partial charge in [-0.05, 0) is 62.1 Å². The van der Waals surface area contributed by atoms with Gasteiger partial charge < -0.3 is 20.1 Å². The summed E-state index contributed by atoms with van der Waals surface area (Å²) in [6.45, 7) is 0.0847. The first-order chi connectivity index (χ1) is 16.3. The summed E-state index contributed by atoms with van der Waals surface area (Å²) >= 11 is 6.08. The second-order valence-electron chi connectivity index (χ2n) is 8.42. The van der Waals surface area contributed by atoms with Crippen molar-refractivity contribution in [1.29, 1.82) is 0 Å². The molecule has 0 bridgehead atoms. The van der Waals surface area contributed by atoms with Crippen LogP contribution in [-0.4, -0.2) is 29.8 Å². The van der Waals surface area contributed by atoms with Crippen molar-refractivity contribution < 1.29 is 27.4 Å². The van der Waals surface area contributed by atoms with Crippen molar-refractivity contribution in [2.75, 3.05) is 12.1 Å². The minimum atomic E-state index is -4.56. The summed E-state index contributed by atoms with van der Waals surface area (Å²) < 4.78 is 50.9. The number of benzene rings is 2. The number of carbonyl (C=O) groups excluding carboxylic acids is 1. The highest BCUT2D eigenvalue weighted by molar-refractivity contribution is 6.31. The van der Waals surface area contributed by atoms with Crippen LogP contribution < -0.4 is 20.1 Å². The Balaban J connectivity index is 1.27. The number of nitrogens with one attached hydrogen (secondary N) is 2. The number of nitrogens with zero attached hydrogens (tertiary/aromatic N) is 1. The molecule has 0 spiro atoms. The van der Waals surface area contributed by atoms with Gasteiger partial charge >= 0.3 is 6.18 Å². The molecular formula is C24H21ClF3N3O3. The summed E-state index contributed by atoms with van der Waals surface area (Å²) in [6.07, 6.45) is -1.82. The van der Waals surface area contributed by atoms with Gasteiger partial charge in [-0.1, -0.05) is 17.7 Å². The molecule has 6 nitrogen and oxygen atoms in total. The minimum absolute atomic E-state index is 0.0434. The number of aromatic nitrogens is 1. The van der Waals surface area contributed by atoms with E-state index in [4.69, 9.17) is 21.1 Å². The van der Waals surface area contributed by atoms with Crippen LogP contribution >= 0.6 is 11.6 Å². The molecule has 178 valence electrons. The topological polar surface area (TPSA) is 72.5 Å². The van der Waals surface area contributed by atoms with Crippen LogP contribution in [0.15, 0.2) is 42.5 Å². The van der Waals surface area contributed by atoms with Crippen molar-refractivity contribution in [3.63, 3.8) is 0 Å². The van der Waals surface area contributed by atoms with Gasteiger partial charge in [-0.25, -0.2) is 4.98 Å². The minimum Gasteiger partial charge on any atom is -0.454 e. The Morgan fingerprint density at radius 2 is 1.79 bits per heavy atom. The normalized spacial score (nSPS) is 19.8. The number of carbonyl (C=O) groups is 1. The molecule has 0 atom stereocenters. The van der Waals surface area contributed by atoms with Crippen LogP contribution in [0.25, 0.3) is 10.9 Å². The fourth-order valence-electron chi connectivity index (χ4n) is 4.44. The first kappa shape index (κ1) is 22.6. The molecule has 3 aromatic rings. The van der Waals surface area contributed by atoms with E-state index in [2.05, 4.69) is 15.6 Å². The fourth-order valence-corrected chi connectivity index (χ4v) is 4.61. The van der Waals surface area contributed by atoms with Gasteiger partial charge in [0.2, 0.25) is 6.79 Å². The molecule has 1 aliphatic heterocycles. The second-order valence-corrected chi connectivity index (χ2v) is 8.86. The van der Waals surface area contributed by atoms with Crippen molar-refractivity contribution in [2.24, 2.45) is 0 Å². The van der Waals surface area contributed by atoms with Crippen molar-refractivity contribution in [2.45, 2.75) is 43.9 Å². The first-order valence-corrected chi connectivity index (χ1v) is 11.3. The third kappa shape index (κ3) is 4.57.